The molecule has 1 aliphatic rings. The Morgan fingerprint density at radius 2 is 2.03 bits per heavy atom. The van der Waals surface area contributed by atoms with Crippen molar-refractivity contribution in [3.8, 4) is 0 Å². The van der Waals surface area contributed by atoms with E-state index in [1.165, 1.54) is 5.56 Å². The lowest BCUT2D eigenvalue weighted by molar-refractivity contribution is 0.742. The molecule has 0 aliphatic heterocycles. The molecule has 0 saturated carbocycles. The molecule has 0 saturated heterocycles. The molecule has 0 N–H and O–H groups in total. The fraction of sp³-hybridized carbons (Fsp3) is 0.222. The normalized spacial score (nSPS) is 21.3. The van der Waals surface area contributed by atoms with Crippen molar-refractivity contribution in [3.63, 3.8) is 0 Å². The zero-order valence-corrected chi connectivity index (χ0v) is 17.7. The molecule has 0 bridgehead atoms. The first-order chi connectivity index (χ1) is 14.1. The number of benzene rings is 1. The van der Waals surface area contributed by atoms with Gasteiger partial charge in [-0.25, -0.2) is 4.98 Å². The van der Waals surface area contributed by atoms with E-state index in [1.54, 1.807) is 0 Å². The zero-order valence-electron chi connectivity index (χ0n) is 17.7. The van der Waals surface area contributed by atoms with Crippen molar-refractivity contribution in [1.82, 2.24) is 9.55 Å². The van der Waals surface area contributed by atoms with E-state index in [0.717, 1.165) is 41.2 Å². The van der Waals surface area contributed by atoms with Gasteiger partial charge in [-0.2, -0.15) is 0 Å². The van der Waals surface area contributed by atoms with Gasteiger partial charge < -0.3 is 4.57 Å². The van der Waals surface area contributed by atoms with Gasteiger partial charge in [-0.15, -0.1) is 0 Å². The molecule has 1 aromatic heterocycles. The quantitative estimate of drug-likeness (QED) is 0.492. The first-order valence-corrected chi connectivity index (χ1v) is 10.2. The maximum absolute atomic E-state index is 4.84. The molecule has 3 rings (SSSR count). The molecule has 0 amide bonds. The molecule has 2 aromatic rings. The minimum absolute atomic E-state index is 0.561. The molecule has 29 heavy (non-hydrogen) atoms. The highest BCUT2D eigenvalue weighted by molar-refractivity contribution is 5.77. The van der Waals surface area contributed by atoms with Gasteiger partial charge in [0.15, 0.2) is 0 Å². The zero-order chi connectivity index (χ0) is 20.6. The van der Waals surface area contributed by atoms with Crippen LogP contribution in [0.25, 0.3) is 11.1 Å². The fourth-order valence-electron chi connectivity index (χ4n) is 3.37. The topological polar surface area (TPSA) is 17.8 Å². The van der Waals surface area contributed by atoms with Crippen molar-refractivity contribution >= 4 is 11.1 Å². The highest BCUT2D eigenvalue weighted by atomic mass is 15.1. The van der Waals surface area contributed by atoms with Crippen LogP contribution in [0.1, 0.15) is 44.3 Å². The molecule has 2 heteroatoms. The summed E-state index contributed by atoms with van der Waals surface area (Å²) in [7, 11) is 0. The Morgan fingerprint density at radius 1 is 1.24 bits per heavy atom. The Hall–Kier alpha value is -3.13. The Balaban J connectivity index is 2.09. The Bertz CT molecular complexity index is 994. The van der Waals surface area contributed by atoms with Crippen molar-refractivity contribution in [2.45, 2.75) is 33.7 Å². The molecule has 1 aromatic carbocycles. The van der Waals surface area contributed by atoms with E-state index in [1.807, 2.05) is 19.2 Å². The second-order valence-electron chi connectivity index (χ2n) is 7.58. The van der Waals surface area contributed by atoms with E-state index in [-0.39, 0.29) is 0 Å². The molecular weight excluding hydrogens is 352 g/mol. The van der Waals surface area contributed by atoms with E-state index in [9.17, 15) is 0 Å². The van der Waals surface area contributed by atoms with Gasteiger partial charge in [0.1, 0.15) is 5.82 Å². The van der Waals surface area contributed by atoms with Gasteiger partial charge in [0.25, 0.3) is 0 Å². The van der Waals surface area contributed by atoms with Crippen LogP contribution in [0.3, 0.4) is 0 Å². The van der Waals surface area contributed by atoms with Gasteiger partial charge in [0, 0.05) is 12.1 Å². The third kappa shape index (κ3) is 5.45. The Kier molecular flexibility index (Phi) is 7.02. The van der Waals surface area contributed by atoms with Crippen LogP contribution in [0.5, 0.6) is 0 Å². The average molecular weight is 383 g/mol. The molecule has 2 nitrogen and oxygen atoms in total. The van der Waals surface area contributed by atoms with Crippen molar-refractivity contribution in [2.75, 3.05) is 0 Å². The predicted octanol–water partition coefficient (Wildman–Crippen LogP) is 7.00. The summed E-state index contributed by atoms with van der Waals surface area (Å²) >= 11 is 0. The summed E-state index contributed by atoms with van der Waals surface area (Å²) in [5, 5.41) is 0. The fourth-order valence-corrected chi connectivity index (χ4v) is 3.37. The van der Waals surface area contributed by atoms with Crippen molar-refractivity contribution in [3.05, 3.63) is 114 Å². The lowest BCUT2D eigenvalue weighted by Gasteiger charge is -2.14. The summed E-state index contributed by atoms with van der Waals surface area (Å²) in [5.74, 6) is 1.55. The van der Waals surface area contributed by atoms with Crippen LogP contribution in [0.2, 0.25) is 0 Å². The first kappa shape index (κ1) is 20.6. The number of aromatic nitrogens is 2. The van der Waals surface area contributed by atoms with Crippen LogP contribution in [-0.2, 0) is 6.54 Å². The summed E-state index contributed by atoms with van der Waals surface area (Å²) in [4.78, 5) is 4.84. The van der Waals surface area contributed by atoms with E-state index < -0.39 is 0 Å². The van der Waals surface area contributed by atoms with E-state index >= 15 is 0 Å². The molecule has 0 spiro atoms. The van der Waals surface area contributed by atoms with E-state index in [2.05, 4.69) is 97.9 Å². The monoisotopic (exact) mass is 382 g/mol. The number of hydrogen-bond acceptors (Lipinski definition) is 1. The van der Waals surface area contributed by atoms with Crippen molar-refractivity contribution in [1.29, 1.82) is 0 Å². The maximum Gasteiger partial charge on any atom is 0.140 e. The van der Waals surface area contributed by atoms with Gasteiger partial charge in [-0.3, -0.25) is 0 Å². The number of nitrogens with zero attached hydrogens (tertiary/aromatic N) is 2. The van der Waals surface area contributed by atoms with Crippen LogP contribution >= 0.6 is 0 Å². The molecule has 1 aliphatic carbocycles. The molecule has 148 valence electrons. The second-order valence-corrected chi connectivity index (χ2v) is 7.58. The largest absolute Gasteiger partial charge is 0.320 e. The van der Waals surface area contributed by atoms with Crippen LogP contribution in [0.4, 0.5) is 0 Å². The summed E-state index contributed by atoms with van der Waals surface area (Å²) in [6.45, 7) is 11.1. The molecule has 1 unspecified atom stereocenters. The average Bonchev–Trinajstić information content (AvgIpc) is 3.09. The van der Waals surface area contributed by atoms with Crippen LogP contribution in [0.15, 0.2) is 97.3 Å². The summed E-state index contributed by atoms with van der Waals surface area (Å²) in [6.07, 6.45) is 20.3. The van der Waals surface area contributed by atoms with Crippen LogP contribution in [0, 0.1) is 5.92 Å². The minimum atomic E-state index is 0.561. The van der Waals surface area contributed by atoms with Gasteiger partial charge in [0.05, 0.1) is 11.9 Å². The van der Waals surface area contributed by atoms with Crippen LogP contribution < -0.4 is 0 Å². The molecule has 1 heterocycles. The number of imidazole rings is 1. The highest BCUT2D eigenvalue weighted by Gasteiger charge is 2.15. The molecule has 1 atom stereocenters. The van der Waals surface area contributed by atoms with Crippen molar-refractivity contribution < 1.29 is 0 Å². The summed E-state index contributed by atoms with van der Waals surface area (Å²) in [5.41, 5.74) is 5.67. The predicted molar refractivity (Wildman–Crippen MR) is 125 cm³/mol. The van der Waals surface area contributed by atoms with E-state index in [0.29, 0.717) is 5.92 Å². The molecule has 0 fully saturated rings. The lowest BCUT2D eigenvalue weighted by atomic mass is 10.0. The van der Waals surface area contributed by atoms with Gasteiger partial charge in [-0.1, -0.05) is 98.0 Å². The summed E-state index contributed by atoms with van der Waals surface area (Å²) in [6, 6.07) is 10.6. The van der Waals surface area contributed by atoms with E-state index in [4.69, 9.17) is 4.98 Å². The van der Waals surface area contributed by atoms with Gasteiger partial charge >= 0.3 is 0 Å². The highest BCUT2D eigenvalue weighted by Crippen LogP contribution is 2.26. The number of hydrogen-bond donors (Lipinski definition) is 0. The standard InChI is InChI=1S/C27H30N2/c1-5-24(18-17-21(2)3)26-19-28-27(25-15-9-11-22(4)12-10-16-25)29(26)20-23-13-7-6-8-14-23/h5-11,13-19,22H,2,12,20H2,1,3-4H3/b11-9-,16-10+,18-17-,24-5+,25-15+. The number of rotatable bonds is 6. The van der Waals surface area contributed by atoms with Gasteiger partial charge in [-0.05, 0) is 37.3 Å². The van der Waals surface area contributed by atoms with Crippen molar-refractivity contribution in [2.24, 2.45) is 5.92 Å². The van der Waals surface area contributed by atoms with Gasteiger partial charge in [0.2, 0.25) is 0 Å². The first-order valence-electron chi connectivity index (χ1n) is 10.2. The van der Waals surface area contributed by atoms with Crippen LogP contribution in [-0.4, -0.2) is 9.55 Å². The number of allylic oxidation sites excluding steroid dienone is 11. The minimum Gasteiger partial charge on any atom is -0.320 e. The maximum atomic E-state index is 4.84. The Morgan fingerprint density at radius 3 is 2.76 bits per heavy atom. The SMILES string of the molecule is C=C(C)/C=C\C(=C/C)c1cnc(C2=C/C=C\C(C)C\C=C\2)n1Cc1ccccc1. The third-order valence-corrected chi connectivity index (χ3v) is 4.97. The second kappa shape index (κ2) is 9.88. The molecule has 0 radical (unpaired) electrons. The summed E-state index contributed by atoms with van der Waals surface area (Å²) < 4.78 is 2.31. The smallest absolute Gasteiger partial charge is 0.140 e. The molecular formula is C27H30N2. The lowest BCUT2D eigenvalue weighted by Crippen LogP contribution is -2.08. The third-order valence-electron chi connectivity index (χ3n) is 4.97. The Labute approximate surface area is 175 Å².